The van der Waals surface area contributed by atoms with Gasteiger partial charge in [0.25, 0.3) is 0 Å². The third kappa shape index (κ3) is 4.59. The molecule has 1 fully saturated rings. The van der Waals surface area contributed by atoms with Crippen LogP contribution in [0.3, 0.4) is 0 Å². The molecule has 0 spiro atoms. The van der Waals surface area contributed by atoms with Crippen molar-refractivity contribution in [3.05, 3.63) is 12.3 Å². The fourth-order valence-corrected chi connectivity index (χ4v) is 1.93. The minimum Gasteiger partial charge on any atom is -0.505 e. The predicted octanol–water partition coefficient (Wildman–Crippen LogP) is 3.18. The number of carbonyl (C=O) groups is 1. The topological polar surface area (TPSA) is 38.8 Å². The average molecular weight is 255 g/mol. The number of likely N-dealkylation sites (tertiary alicyclic amines) is 1. The molecule has 0 aromatic carbocycles. The molecule has 0 aliphatic carbocycles. The van der Waals surface area contributed by atoms with Crippen molar-refractivity contribution in [3.63, 3.8) is 0 Å². The quantitative estimate of drug-likeness (QED) is 0.711. The van der Waals surface area contributed by atoms with Crippen LogP contribution in [0.15, 0.2) is 12.3 Å². The van der Waals surface area contributed by atoms with Crippen molar-refractivity contribution in [2.45, 2.75) is 46.1 Å². The van der Waals surface area contributed by atoms with Gasteiger partial charge in [0.1, 0.15) is 5.60 Å². The summed E-state index contributed by atoms with van der Waals surface area (Å²) in [7, 11) is 1.65. The molecule has 4 nitrogen and oxygen atoms in total. The highest BCUT2D eigenvalue weighted by molar-refractivity contribution is 5.68. The first-order valence-corrected chi connectivity index (χ1v) is 6.44. The van der Waals surface area contributed by atoms with E-state index in [4.69, 9.17) is 9.47 Å². The van der Waals surface area contributed by atoms with Gasteiger partial charge in [0.05, 0.1) is 13.4 Å². The SMILES string of the molecule is CO/C=C/C1(C)CCN(C(=O)OC(C)(C)C)CC1. The van der Waals surface area contributed by atoms with Gasteiger partial charge >= 0.3 is 6.09 Å². The van der Waals surface area contributed by atoms with E-state index in [9.17, 15) is 4.79 Å². The maximum Gasteiger partial charge on any atom is 0.410 e. The Bertz CT molecular complexity index is 309. The van der Waals surface area contributed by atoms with Gasteiger partial charge < -0.3 is 14.4 Å². The molecule has 1 aliphatic rings. The second-order valence-electron chi connectivity index (χ2n) is 6.16. The molecule has 0 saturated carbocycles. The number of piperidine rings is 1. The molecule has 1 rings (SSSR count). The van der Waals surface area contributed by atoms with E-state index in [1.54, 1.807) is 18.3 Å². The molecular weight excluding hydrogens is 230 g/mol. The van der Waals surface area contributed by atoms with Crippen LogP contribution in [-0.2, 0) is 9.47 Å². The number of nitrogens with zero attached hydrogens (tertiary/aromatic N) is 1. The third-order valence-electron chi connectivity index (χ3n) is 3.16. The summed E-state index contributed by atoms with van der Waals surface area (Å²) in [6, 6.07) is 0. The number of rotatable bonds is 2. The molecule has 0 atom stereocenters. The highest BCUT2D eigenvalue weighted by Gasteiger charge is 2.31. The zero-order valence-corrected chi connectivity index (χ0v) is 12.2. The van der Waals surface area contributed by atoms with Crippen molar-refractivity contribution in [1.29, 1.82) is 0 Å². The van der Waals surface area contributed by atoms with Gasteiger partial charge in [-0.05, 0) is 45.1 Å². The van der Waals surface area contributed by atoms with Crippen molar-refractivity contribution < 1.29 is 14.3 Å². The lowest BCUT2D eigenvalue weighted by molar-refractivity contribution is 0.0154. The van der Waals surface area contributed by atoms with Gasteiger partial charge in [-0.1, -0.05) is 6.92 Å². The minimum atomic E-state index is -0.423. The molecule has 1 amide bonds. The summed E-state index contributed by atoms with van der Waals surface area (Å²) in [5.74, 6) is 0. The smallest absolute Gasteiger partial charge is 0.410 e. The number of allylic oxidation sites excluding steroid dienone is 1. The van der Waals surface area contributed by atoms with Crippen molar-refractivity contribution >= 4 is 6.09 Å². The molecule has 0 radical (unpaired) electrons. The van der Waals surface area contributed by atoms with Gasteiger partial charge in [0.2, 0.25) is 0 Å². The summed E-state index contributed by atoms with van der Waals surface area (Å²) in [5, 5.41) is 0. The van der Waals surface area contributed by atoms with Gasteiger partial charge in [-0.3, -0.25) is 0 Å². The Morgan fingerprint density at radius 3 is 2.28 bits per heavy atom. The molecule has 1 saturated heterocycles. The Morgan fingerprint density at radius 2 is 1.83 bits per heavy atom. The van der Waals surface area contributed by atoms with Crippen LogP contribution in [-0.4, -0.2) is 36.8 Å². The lowest BCUT2D eigenvalue weighted by Gasteiger charge is -2.37. The molecular formula is C14H25NO3. The fraction of sp³-hybridized carbons (Fsp3) is 0.786. The number of hydrogen-bond acceptors (Lipinski definition) is 3. The van der Waals surface area contributed by atoms with E-state index in [-0.39, 0.29) is 11.5 Å². The third-order valence-corrected chi connectivity index (χ3v) is 3.16. The van der Waals surface area contributed by atoms with E-state index in [0.29, 0.717) is 0 Å². The van der Waals surface area contributed by atoms with Crippen LogP contribution >= 0.6 is 0 Å². The molecule has 1 heterocycles. The molecule has 0 unspecified atom stereocenters. The Hall–Kier alpha value is -1.19. The normalized spacial score (nSPS) is 19.9. The largest absolute Gasteiger partial charge is 0.505 e. The Balaban J connectivity index is 2.49. The van der Waals surface area contributed by atoms with Gasteiger partial charge in [-0.25, -0.2) is 4.79 Å². The molecule has 4 heteroatoms. The highest BCUT2D eigenvalue weighted by atomic mass is 16.6. The van der Waals surface area contributed by atoms with Gasteiger partial charge in [0, 0.05) is 13.1 Å². The van der Waals surface area contributed by atoms with E-state index in [2.05, 4.69) is 13.0 Å². The van der Waals surface area contributed by atoms with E-state index >= 15 is 0 Å². The number of hydrogen-bond donors (Lipinski definition) is 0. The molecule has 0 aromatic heterocycles. The van der Waals surface area contributed by atoms with Crippen LogP contribution in [0.25, 0.3) is 0 Å². The van der Waals surface area contributed by atoms with Crippen molar-refractivity contribution in [3.8, 4) is 0 Å². The van der Waals surface area contributed by atoms with Crippen LogP contribution in [0.4, 0.5) is 4.79 Å². The molecule has 0 aromatic rings. The molecule has 0 N–H and O–H groups in total. The first-order chi connectivity index (χ1) is 8.26. The second-order valence-corrected chi connectivity index (χ2v) is 6.16. The van der Waals surface area contributed by atoms with Crippen LogP contribution in [0, 0.1) is 5.41 Å². The minimum absolute atomic E-state index is 0.120. The number of amides is 1. The predicted molar refractivity (Wildman–Crippen MR) is 71.3 cm³/mol. The summed E-state index contributed by atoms with van der Waals surface area (Å²) in [6.07, 6.45) is 5.47. The maximum absolute atomic E-state index is 11.9. The van der Waals surface area contributed by atoms with E-state index in [1.165, 1.54) is 0 Å². The first-order valence-electron chi connectivity index (χ1n) is 6.44. The van der Waals surface area contributed by atoms with Gasteiger partial charge in [-0.15, -0.1) is 0 Å². The summed E-state index contributed by atoms with van der Waals surface area (Å²) in [5.41, 5.74) is -0.303. The fourth-order valence-electron chi connectivity index (χ4n) is 1.93. The van der Waals surface area contributed by atoms with Crippen molar-refractivity contribution in [1.82, 2.24) is 4.90 Å². The lowest BCUT2D eigenvalue weighted by atomic mass is 9.80. The molecule has 18 heavy (non-hydrogen) atoms. The Kier molecular flexibility index (Phi) is 4.65. The first kappa shape index (κ1) is 14.9. The standard InChI is InChI=1S/C14H25NO3/c1-13(2,3)18-12(16)15-9-6-14(4,7-10-15)8-11-17-5/h8,11H,6-7,9-10H2,1-5H3/b11-8+. The highest BCUT2D eigenvalue weighted by Crippen LogP contribution is 2.32. The average Bonchev–Trinajstić information content (AvgIpc) is 2.25. The molecule has 104 valence electrons. The van der Waals surface area contributed by atoms with Crippen LogP contribution < -0.4 is 0 Å². The second kappa shape index (κ2) is 5.63. The van der Waals surface area contributed by atoms with Crippen LogP contribution in [0.5, 0.6) is 0 Å². The lowest BCUT2D eigenvalue weighted by Crippen LogP contribution is -2.43. The number of carbonyl (C=O) groups excluding carboxylic acids is 1. The van der Waals surface area contributed by atoms with E-state index in [0.717, 1.165) is 25.9 Å². The summed E-state index contributed by atoms with van der Waals surface area (Å²) in [6.45, 7) is 9.33. The number of ether oxygens (including phenoxy) is 2. The van der Waals surface area contributed by atoms with E-state index < -0.39 is 5.60 Å². The Labute approximate surface area is 110 Å². The summed E-state index contributed by atoms with van der Waals surface area (Å²) < 4.78 is 10.3. The van der Waals surface area contributed by atoms with Crippen molar-refractivity contribution in [2.75, 3.05) is 20.2 Å². The van der Waals surface area contributed by atoms with Crippen LogP contribution in [0.1, 0.15) is 40.5 Å². The number of methoxy groups -OCH3 is 1. The molecule has 1 aliphatic heterocycles. The zero-order chi connectivity index (χ0) is 13.8. The van der Waals surface area contributed by atoms with Gasteiger partial charge in [-0.2, -0.15) is 0 Å². The van der Waals surface area contributed by atoms with Crippen molar-refractivity contribution in [2.24, 2.45) is 5.41 Å². The van der Waals surface area contributed by atoms with Gasteiger partial charge in [0.15, 0.2) is 0 Å². The maximum atomic E-state index is 11.9. The zero-order valence-electron chi connectivity index (χ0n) is 12.2. The summed E-state index contributed by atoms with van der Waals surface area (Å²) in [4.78, 5) is 13.7. The monoisotopic (exact) mass is 255 g/mol. The summed E-state index contributed by atoms with van der Waals surface area (Å²) >= 11 is 0. The molecule has 0 bridgehead atoms. The Morgan fingerprint density at radius 1 is 1.28 bits per heavy atom. The van der Waals surface area contributed by atoms with E-state index in [1.807, 2.05) is 20.8 Å². The van der Waals surface area contributed by atoms with Crippen LogP contribution in [0.2, 0.25) is 0 Å².